The summed E-state index contributed by atoms with van der Waals surface area (Å²) in [6.07, 6.45) is 0.767. The van der Waals surface area contributed by atoms with Crippen molar-refractivity contribution in [2.24, 2.45) is 0 Å². The Morgan fingerprint density at radius 3 is 2.59 bits per heavy atom. The SMILES string of the molecule is CCc1nc(Cl)c(C)c(Sc2nnc(C)s2)n1. The summed E-state index contributed by atoms with van der Waals surface area (Å²) in [5, 5.41) is 10.4. The maximum absolute atomic E-state index is 6.07. The maximum Gasteiger partial charge on any atom is 0.180 e. The molecule has 0 aromatic carbocycles. The fraction of sp³-hybridized carbons (Fsp3) is 0.400. The minimum absolute atomic E-state index is 0.514. The van der Waals surface area contributed by atoms with E-state index in [1.54, 1.807) is 11.3 Å². The van der Waals surface area contributed by atoms with E-state index >= 15 is 0 Å². The van der Waals surface area contributed by atoms with E-state index in [9.17, 15) is 0 Å². The van der Waals surface area contributed by atoms with Crippen LogP contribution in [0.1, 0.15) is 23.3 Å². The molecule has 0 radical (unpaired) electrons. The fourth-order valence-electron chi connectivity index (χ4n) is 1.17. The molecule has 2 heterocycles. The van der Waals surface area contributed by atoms with Gasteiger partial charge >= 0.3 is 0 Å². The van der Waals surface area contributed by atoms with Crippen LogP contribution in [0.25, 0.3) is 0 Å². The summed E-state index contributed by atoms with van der Waals surface area (Å²) in [6, 6.07) is 0. The molecule has 2 rings (SSSR count). The number of halogens is 1. The highest BCUT2D eigenvalue weighted by Crippen LogP contribution is 2.32. The Hall–Kier alpha value is -0.720. The van der Waals surface area contributed by atoms with Crippen LogP contribution in [0.3, 0.4) is 0 Å². The van der Waals surface area contributed by atoms with Crippen LogP contribution in [0.5, 0.6) is 0 Å². The fourth-order valence-corrected chi connectivity index (χ4v) is 3.24. The zero-order valence-corrected chi connectivity index (χ0v) is 12.1. The zero-order chi connectivity index (χ0) is 12.4. The number of aryl methyl sites for hydroxylation is 2. The van der Waals surface area contributed by atoms with Crippen LogP contribution in [-0.4, -0.2) is 20.2 Å². The smallest absolute Gasteiger partial charge is 0.180 e. The monoisotopic (exact) mass is 286 g/mol. The minimum atomic E-state index is 0.514. The molecule has 0 spiro atoms. The lowest BCUT2D eigenvalue weighted by Gasteiger charge is -2.05. The van der Waals surface area contributed by atoms with Crippen molar-refractivity contribution >= 4 is 34.7 Å². The summed E-state index contributed by atoms with van der Waals surface area (Å²) in [7, 11) is 0. The van der Waals surface area contributed by atoms with Gasteiger partial charge in [-0.15, -0.1) is 10.2 Å². The molecule has 4 nitrogen and oxygen atoms in total. The molecule has 0 aliphatic rings. The molecule has 0 aliphatic carbocycles. The molecular weight excluding hydrogens is 276 g/mol. The second-order valence-electron chi connectivity index (χ2n) is 3.40. The lowest BCUT2D eigenvalue weighted by molar-refractivity contribution is 0.870. The van der Waals surface area contributed by atoms with Crippen molar-refractivity contribution < 1.29 is 0 Å². The van der Waals surface area contributed by atoms with Gasteiger partial charge in [-0.1, -0.05) is 29.9 Å². The maximum atomic E-state index is 6.07. The highest BCUT2D eigenvalue weighted by Gasteiger charge is 2.12. The third kappa shape index (κ3) is 2.94. The first-order valence-electron chi connectivity index (χ1n) is 5.11. The van der Waals surface area contributed by atoms with Gasteiger partial charge in [0.1, 0.15) is 21.0 Å². The Bertz CT molecular complexity index is 541. The van der Waals surface area contributed by atoms with E-state index in [1.807, 2.05) is 20.8 Å². The summed E-state index contributed by atoms with van der Waals surface area (Å²) >= 11 is 9.11. The van der Waals surface area contributed by atoms with E-state index in [4.69, 9.17) is 11.6 Å². The molecule has 7 heteroatoms. The van der Waals surface area contributed by atoms with Crippen LogP contribution in [0.15, 0.2) is 9.37 Å². The average Bonchev–Trinajstić information content (AvgIpc) is 2.70. The van der Waals surface area contributed by atoms with Gasteiger partial charge in [-0.05, 0) is 25.6 Å². The summed E-state index contributed by atoms with van der Waals surface area (Å²) < 4.78 is 0.877. The summed E-state index contributed by atoms with van der Waals surface area (Å²) in [5.41, 5.74) is 0.890. The van der Waals surface area contributed by atoms with Crippen molar-refractivity contribution in [2.45, 2.75) is 36.6 Å². The third-order valence-corrected chi connectivity index (χ3v) is 4.44. The molecule has 0 saturated carbocycles. The Morgan fingerprint density at radius 1 is 1.24 bits per heavy atom. The summed E-state index contributed by atoms with van der Waals surface area (Å²) in [4.78, 5) is 8.67. The van der Waals surface area contributed by atoms with Gasteiger partial charge in [0.15, 0.2) is 4.34 Å². The summed E-state index contributed by atoms with van der Waals surface area (Å²) in [6.45, 7) is 5.85. The van der Waals surface area contributed by atoms with Gasteiger partial charge in [0.25, 0.3) is 0 Å². The summed E-state index contributed by atoms with van der Waals surface area (Å²) in [5.74, 6) is 0.754. The van der Waals surface area contributed by atoms with E-state index in [2.05, 4.69) is 20.2 Å². The number of aromatic nitrogens is 4. The largest absolute Gasteiger partial charge is 0.226 e. The molecule has 0 N–H and O–H groups in total. The Balaban J connectivity index is 2.34. The average molecular weight is 287 g/mol. The topological polar surface area (TPSA) is 51.6 Å². The second kappa shape index (κ2) is 5.29. The standard InChI is InChI=1S/C10H11ClN4S2/c1-4-7-12-8(11)5(2)9(13-7)17-10-15-14-6(3)16-10/h4H2,1-3H3. The normalized spacial score (nSPS) is 10.8. The lowest BCUT2D eigenvalue weighted by atomic mass is 10.3. The Labute approximate surface area is 113 Å². The van der Waals surface area contributed by atoms with Crippen molar-refractivity contribution in [2.75, 3.05) is 0 Å². The third-order valence-electron chi connectivity index (χ3n) is 2.10. The van der Waals surface area contributed by atoms with Gasteiger partial charge in [0.05, 0.1) is 0 Å². The van der Waals surface area contributed by atoms with Crippen LogP contribution in [0.2, 0.25) is 5.15 Å². The highest BCUT2D eigenvalue weighted by molar-refractivity contribution is 8.01. The van der Waals surface area contributed by atoms with Crippen LogP contribution < -0.4 is 0 Å². The van der Waals surface area contributed by atoms with Gasteiger partial charge in [-0.2, -0.15) is 0 Å². The van der Waals surface area contributed by atoms with Crippen molar-refractivity contribution in [3.05, 3.63) is 21.5 Å². The van der Waals surface area contributed by atoms with Gasteiger partial charge in [0.2, 0.25) is 0 Å². The number of hydrogen-bond donors (Lipinski definition) is 0. The first-order valence-corrected chi connectivity index (χ1v) is 7.12. The van der Waals surface area contributed by atoms with Gasteiger partial charge in [0, 0.05) is 12.0 Å². The molecule has 2 aromatic heterocycles. The van der Waals surface area contributed by atoms with Crippen LogP contribution in [0.4, 0.5) is 0 Å². The molecule has 0 fully saturated rings. The second-order valence-corrected chi connectivity index (χ2v) is 6.18. The minimum Gasteiger partial charge on any atom is -0.226 e. The first-order chi connectivity index (χ1) is 8.10. The zero-order valence-electron chi connectivity index (χ0n) is 9.69. The van der Waals surface area contributed by atoms with Crippen molar-refractivity contribution in [3.8, 4) is 0 Å². The molecule has 0 amide bonds. The van der Waals surface area contributed by atoms with Gasteiger partial charge < -0.3 is 0 Å². The Morgan fingerprint density at radius 2 is 2.00 bits per heavy atom. The molecule has 0 atom stereocenters. The predicted molar refractivity (Wildman–Crippen MR) is 69.9 cm³/mol. The molecule has 0 bridgehead atoms. The van der Waals surface area contributed by atoms with E-state index in [1.165, 1.54) is 11.8 Å². The van der Waals surface area contributed by atoms with Crippen LogP contribution in [0, 0.1) is 13.8 Å². The number of hydrogen-bond acceptors (Lipinski definition) is 6. The van der Waals surface area contributed by atoms with Crippen molar-refractivity contribution in [1.82, 2.24) is 20.2 Å². The quantitative estimate of drug-likeness (QED) is 0.810. The molecule has 0 aliphatic heterocycles. The predicted octanol–water partition coefficient (Wildman–Crippen LogP) is 3.31. The molecule has 90 valence electrons. The van der Waals surface area contributed by atoms with E-state index in [-0.39, 0.29) is 0 Å². The van der Waals surface area contributed by atoms with E-state index in [0.29, 0.717) is 5.15 Å². The molecule has 0 saturated heterocycles. The molecule has 0 unspecified atom stereocenters. The van der Waals surface area contributed by atoms with Crippen LogP contribution >= 0.6 is 34.7 Å². The van der Waals surface area contributed by atoms with Crippen molar-refractivity contribution in [3.63, 3.8) is 0 Å². The Kier molecular flexibility index (Phi) is 3.96. The van der Waals surface area contributed by atoms with Crippen LogP contribution in [-0.2, 0) is 6.42 Å². The molecular formula is C10H11ClN4S2. The molecule has 17 heavy (non-hydrogen) atoms. The van der Waals surface area contributed by atoms with Gasteiger partial charge in [-0.25, -0.2) is 9.97 Å². The number of nitrogens with zero attached hydrogens (tertiary/aromatic N) is 4. The first kappa shape index (κ1) is 12.7. The van der Waals surface area contributed by atoms with Crippen molar-refractivity contribution in [1.29, 1.82) is 0 Å². The van der Waals surface area contributed by atoms with E-state index in [0.717, 1.165) is 32.2 Å². The lowest BCUT2D eigenvalue weighted by Crippen LogP contribution is -1.98. The number of rotatable bonds is 3. The highest BCUT2D eigenvalue weighted by atomic mass is 35.5. The van der Waals surface area contributed by atoms with E-state index < -0.39 is 0 Å². The molecule has 2 aromatic rings. The van der Waals surface area contributed by atoms with Gasteiger partial charge in [-0.3, -0.25) is 0 Å².